The molecule has 5 N–H and O–H groups in total. The summed E-state index contributed by atoms with van der Waals surface area (Å²) in [6.07, 6.45) is 0.728. The van der Waals surface area contributed by atoms with Crippen LogP contribution < -0.4 is 5.73 Å². The summed E-state index contributed by atoms with van der Waals surface area (Å²) in [4.78, 5) is 69.3. The molecule has 4 aliphatic rings. The third-order valence-electron chi connectivity index (χ3n) is 9.40. The largest absolute Gasteiger partial charge is 0.507 e. The van der Waals surface area contributed by atoms with E-state index in [-0.39, 0.29) is 36.1 Å². The molecular formula is C28H34FN3O8. The number of nitrogens with zero attached hydrogens (tertiary/aromatic N) is 2. The van der Waals surface area contributed by atoms with Gasteiger partial charge in [-0.15, -0.1) is 0 Å². The average molecular weight is 560 g/mol. The maximum Gasteiger partial charge on any atom is 0.235 e. The number of ketones is 4. The van der Waals surface area contributed by atoms with Crippen LogP contribution in [-0.2, 0) is 32.1 Å². The Kier molecular flexibility index (Phi) is 6.77. The fraction of sp³-hybridized carbons (Fsp3) is 0.607. The van der Waals surface area contributed by atoms with E-state index in [0.29, 0.717) is 25.9 Å². The molecule has 1 amide bonds. The van der Waals surface area contributed by atoms with Gasteiger partial charge in [-0.3, -0.25) is 33.8 Å². The van der Waals surface area contributed by atoms with Gasteiger partial charge in [0.15, 0.2) is 34.7 Å². The van der Waals surface area contributed by atoms with Gasteiger partial charge in [-0.1, -0.05) is 0 Å². The smallest absolute Gasteiger partial charge is 0.235 e. The molecule has 0 aromatic heterocycles. The molecule has 2 saturated carbocycles. The van der Waals surface area contributed by atoms with Crippen molar-refractivity contribution in [2.45, 2.75) is 56.4 Å². The number of hydrogen-bond donors (Lipinski definition) is 4. The predicted octanol–water partition coefficient (Wildman–Crippen LogP) is -0.647. The average Bonchev–Trinajstić information content (AvgIpc) is 2.85. The maximum absolute atomic E-state index is 15.9. The molecule has 3 fully saturated rings. The number of fused-ring (bicyclic) bond motifs is 3. The number of phenolic OH excluding ortho intramolecular Hbond substituents is 1. The number of aromatic hydroxyl groups is 1. The second-order valence-corrected chi connectivity index (χ2v) is 12.3. The summed E-state index contributed by atoms with van der Waals surface area (Å²) in [6.45, 7) is 2.92. The molecule has 6 atom stereocenters. The van der Waals surface area contributed by atoms with Crippen LogP contribution in [0.2, 0.25) is 0 Å². The van der Waals surface area contributed by atoms with E-state index in [0.717, 1.165) is 6.07 Å². The number of nitrogens with two attached hydrogens (primary N) is 1. The van der Waals surface area contributed by atoms with Gasteiger partial charge in [0.1, 0.15) is 11.6 Å². The first-order chi connectivity index (χ1) is 18.6. The lowest BCUT2D eigenvalue weighted by Crippen LogP contribution is -2.74. The Hall–Kier alpha value is -3.06. The van der Waals surface area contributed by atoms with E-state index in [1.54, 1.807) is 6.92 Å². The number of aliphatic hydroxyl groups is 2. The second-order valence-electron chi connectivity index (χ2n) is 12.3. The zero-order chi connectivity index (χ0) is 29.5. The first-order valence-corrected chi connectivity index (χ1v) is 13.4. The molecule has 11 nitrogen and oxygen atoms in total. The number of piperidine rings is 1. The van der Waals surface area contributed by atoms with E-state index < -0.39 is 81.5 Å². The molecule has 40 heavy (non-hydrogen) atoms. The lowest BCUT2D eigenvalue weighted by Gasteiger charge is -2.52. The molecule has 1 aromatic carbocycles. The number of likely N-dealkylation sites (N-methyl/N-ethyl adjacent to an activating group) is 1. The zero-order valence-electron chi connectivity index (χ0n) is 22.6. The van der Waals surface area contributed by atoms with Crippen LogP contribution in [0.5, 0.6) is 5.75 Å². The van der Waals surface area contributed by atoms with E-state index in [1.165, 1.54) is 19.0 Å². The summed E-state index contributed by atoms with van der Waals surface area (Å²) < 4.78 is 15.9. The first-order valence-electron chi connectivity index (χ1n) is 13.4. The predicted molar refractivity (Wildman–Crippen MR) is 136 cm³/mol. The van der Waals surface area contributed by atoms with Crippen molar-refractivity contribution in [2.75, 3.05) is 27.2 Å². The van der Waals surface area contributed by atoms with Gasteiger partial charge in [0.05, 0.1) is 23.1 Å². The van der Waals surface area contributed by atoms with E-state index in [4.69, 9.17) is 5.73 Å². The molecule has 1 heterocycles. The van der Waals surface area contributed by atoms with Gasteiger partial charge in [-0.2, -0.15) is 0 Å². The molecule has 2 unspecified atom stereocenters. The molecule has 216 valence electrons. The van der Waals surface area contributed by atoms with Crippen molar-refractivity contribution >= 4 is 29.0 Å². The van der Waals surface area contributed by atoms with Crippen molar-refractivity contribution in [1.82, 2.24) is 9.80 Å². The zero-order valence-corrected chi connectivity index (χ0v) is 22.6. The number of carbonyl (C=O) groups is 5. The minimum absolute atomic E-state index is 0.0478. The number of carbonyl (C=O) groups excluding carboxylic acids is 5. The summed E-state index contributed by atoms with van der Waals surface area (Å²) in [6, 6.07) is -0.0675. The van der Waals surface area contributed by atoms with Gasteiger partial charge >= 0.3 is 0 Å². The Bertz CT molecular complexity index is 1330. The fourth-order valence-corrected chi connectivity index (χ4v) is 7.26. The summed E-state index contributed by atoms with van der Waals surface area (Å²) in [5.74, 6) is -12.5. The van der Waals surface area contributed by atoms with Crippen molar-refractivity contribution in [3.8, 4) is 5.75 Å². The maximum atomic E-state index is 15.9. The Morgan fingerprint density at radius 2 is 1.77 bits per heavy atom. The van der Waals surface area contributed by atoms with Crippen molar-refractivity contribution in [3.05, 3.63) is 28.6 Å². The van der Waals surface area contributed by atoms with Crippen LogP contribution >= 0.6 is 0 Å². The molecule has 5 rings (SSSR count). The van der Waals surface area contributed by atoms with Crippen LogP contribution in [0.3, 0.4) is 0 Å². The molecular weight excluding hydrogens is 525 g/mol. The number of Topliss-reactive ketones (excluding diaryl/α,β-unsaturated/α-hetero) is 4. The number of halogens is 1. The van der Waals surface area contributed by atoms with Crippen molar-refractivity contribution in [1.29, 1.82) is 0 Å². The van der Waals surface area contributed by atoms with Crippen LogP contribution in [-0.4, -0.2) is 98.6 Å². The fourth-order valence-electron chi connectivity index (χ4n) is 7.26. The number of likely N-dealkylation sites (tertiary alicyclic amines) is 1. The summed E-state index contributed by atoms with van der Waals surface area (Å²) in [7, 11) is 3.00. The van der Waals surface area contributed by atoms with Crippen LogP contribution in [0.15, 0.2) is 6.07 Å². The third kappa shape index (κ3) is 4.11. The lowest BCUT2D eigenvalue weighted by molar-refractivity contribution is -0.181. The molecule has 12 heteroatoms. The van der Waals surface area contributed by atoms with E-state index in [2.05, 4.69) is 0 Å². The Morgan fingerprint density at radius 3 is 2.35 bits per heavy atom. The minimum atomic E-state index is -2.82. The second kappa shape index (κ2) is 9.51. The molecule has 1 aliphatic heterocycles. The standard InChI is InChI=1S/C28H34FN3O8/c1-27(39)4-6-32(7-5-27)11-13-10-16(33)18-14(20(13)29)8-12-9-15-21(31(2)3)23(35)19(26(30)38)25(37)28(15,40)24(36)17(12)22(18)34/h10,12,15,17,19,21,33,39-40H,4-9,11H2,1-3H3,(H2,30,38)/t12-,15-,17?,19?,21-,28-/m0/s1. The normalized spacial score (nSPS) is 33.9. The first kappa shape index (κ1) is 28.5. The van der Waals surface area contributed by atoms with Crippen LogP contribution in [0.4, 0.5) is 4.39 Å². The van der Waals surface area contributed by atoms with Crippen LogP contribution in [0.1, 0.15) is 47.7 Å². The Labute approximate surface area is 230 Å². The van der Waals surface area contributed by atoms with E-state index in [9.17, 15) is 39.3 Å². The number of primary amides is 1. The third-order valence-corrected chi connectivity index (χ3v) is 9.40. The lowest BCUT2D eigenvalue weighted by atomic mass is 9.52. The number of amides is 1. The molecule has 3 aliphatic carbocycles. The highest BCUT2D eigenvalue weighted by molar-refractivity contribution is 6.32. The van der Waals surface area contributed by atoms with Gasteiger partial charge in [-0.05, 0) is 58.7 Å². The molecule has 0 bridgehead atoms. The molecule has 1 aromatic rings. The topological polar surface area (TPSA) is 179 Å². The van der Waals surface area contributed by atoms with Gasteiger partial charge < -0.3 is 21.1 Å². The highest BCUT2D eigenvalue weighted by Crippen LogP contribution is 2.51. The van der Waals surface area contributed by atoms with Gasteiger partial charge in [0.2, 0.25) is 5.91 Å². The molecule has 1 saturated heterocycles. The number of phenols is 1. The number of rotatable bonds is 4. The van der Waals surface area contributed by atoms with Crippen LogP contribution in [0, 0.1) is 29.5 Å². The monoisotopic (exact) mass is 559 g/mol. The Morgan fingerprint density at radius 1 is 1.15 bits per heavy atom. The van der Waals surface area contributed by atoms with Gasteiger partial charge in [-0.25, -0.2) is 4.39 Å². The van der Waals surface area contributed by atoms with Crippen molar-refractivity contribution in [2.24, 2.45) is 29.4 Å². The summed E-state index contributed by atoms with van der Waals surface area (Å²) in [5.41, 5.74) is 1.45. The highest BCUT2D eigenvalue weighted by atomic mass is 19.1. The summed E-state index contributed by atoms with van der Waals surface area (Å²) >= 11 is 0. The minimum Gasteiger partial charge on any atom is -0.507 e. The SMILES string of the molecule is CN(C)[C@@H]1C(=O)C(C(N)=O)C(=O)[C@@]2(O)C(=O)C3C(=O)c4c(O)cc(CN5CCC(C)(O)CC5)c(F)c4C[C@H]3C[C@@H]12. The Balaban J connectivity index is 1.53. The van der Waals surface area contributed by atoms with Crippen molar-refractivity contribution < 1.29 is 43.7 Å². The number of hydrogen-bond acceptors (Lipinski definition) is 10. The van der Waals surface area contributed by atoms with E-state index in [1.807, 2.05) is 4.90 Å². The summed E-state index contributed by atoms with van der Waals surface area (Å²) in [5, 5.41) is 32.6. The van der Waals surface area contributed by atoms with E-state index >= 15 is 4.39 Å². The molecule has 0 radical (unpaired) electrons. The van der Waals surface area contributed by atoms with Crippen molar-refractivity contribution in [3.63, 3.8) is 0 Å². The van der Waals surface area contributed by atoms with Crippen LogP contribution in [0.25, 0.3) is 0 Å². The quantitative estimate of drug-likeness (QED) is 0.347. The van der Waals surface area contributed by atoms with Gasteiger partial charge in [0, 0.05) is 36.7 Å². The van der Waals surface area contributed by atoms with Gasteiger partial charge in [0.25, 0.3) is 0 Å². The highest BCUT2D eigenvalue weighted by Gasteiger charge is 2.69. The number of benzene rings is 1. The molecule has 0 spiro atoms.